The fourth-order valence-corrected chi connectivity index (χ4v) is 3.61. The zero-order chi connectivity index (χ0) is 20.5. The van der Waals surface area contributed by atoms with Gasteiger partial charge in [-0.15, -0.1) is 0 Å². The lowest BCUT2D eigenvalue weighted by Gasteiger charge is -2.23. The van der Waals surface area contributed by atoms with E-state index < -0.39 is 17.7 Å². The molecule has 2 aromatic heterocycles. The SMILES string of the molecule is Cc1ccc(C)c(C(O)=C2C(=O)C(=O)N(Cc3cccnc3)[C@H]2c2ccco2)c1. The van der Waals surface area contributed by atoms with E-state index in [0.29, 0.717) is 11.3 Å². The van der Waals surface area contributed by atoms with Crippen molar-refractivity contribution >= 4 is 17.4 Å². The second-order valence-electron chi connectivity index (χ2n) is 7.12. The summed E-state index contributed by atoms with van der Waals surface area (Å²) in [4.78, 5) is 31.3. The number of aromatic nitrogens is 1. The highest BCUT2D eigenvalue weighted by atomic mass is 16.3. The van der Waals surface area contributed by atoms with Gasteiger partial charge in [0.15, 0.2) is 0 Å². The van der Waals surface area contributed by atoms with Crippen molar-refractivity contribution in [1.29, 1.82) is 0 Å². The molecule has 0 unspecified atom stereocenters. The molecule has 146 valence electrons. The van der Waals surface area contributed by atoms with Gasteiger partial charge in [0.05, 0.1) is 11.8 Å². The van der Waals surface area contributed by atoms with Crippen LogP contribution in [0, 0.1) is 13.8 Å². The van der Waals surface area contributed by atoms with Crippen LogP contribution in [0.1, 0.15) is 34.1 Å². The summed E-state index contributed by atoms with van der Waals surface area (Å²) in [5.41, 5.74) is 3.09. The number of carbonyl (C=O) groups excluding carboxylic acids is 2. The monoisotopic (exact) mass is 388 g/mol. The third-order valence-corrected chi connectivity index (χ3v) is 5.08. The van der Waals surface area contributed by atoms with Gasteiger partial charge in [-0.25, -0.2) is 0 Å². The van der Waals surface area contributed by atoms with Crippen LogP contribution in [0.15, 0.2) is 71.1 Å². The third-order valence-electron chi connectivity index (χ3n) is 5.08. The topological polar surface area (TPSA) is 83.6 Å². The first-order valence-corrected chi connectivity index (χ1v) is 9.25. The summed E-state index contributed by atoms with van der Waals surface area (Å²) in [6.45, 7) is 3.93. The standard InChI is InChI=1S/C23H20N2O4/c1-14-7-8-15(2)17(11-14)21(26)19-20(18-6-4-10-29-18)25(23(28)22(19)27)13-16-5-3-9-24-12-16/h3-12,20,26H,13H2,1-2H3/t20-/m0/s1. The summed E-state index contributed by atoms with van der Waals surface area (Å²) >= 11 is 0. The number of aliphatic hydroxyl groups is 1. The van der Waals surface area contributed by atoms with Gasteiger partial charge in [-0.3, -0.25) is 14.6 Å². The van der Waals surface area contributed by atoms with Crippen LogP contribution in [-0.4, -0.2) is 26.7 Å². The van der Waals surface area contributed by atoms with Crippen LogP contribution >= 0.6 is 0 Å². The van der Waals surface area contributed by atoms with Crippen molar-refractivity contribution in [3.8, 4) is 0 Å². The highest BCUT2D eigenvalue weighted by molar-refractivity contribution is 6.46. The molecule has 1 amide bonds. The Morgan fingerprint density at radius 2 is 2.00 bits per heavy atom. The maximum Gasteiger partial charge on any atom is 0.296 e. The minimum Gasteiger partial charge on any atom is -0.507 e. The Labute approximate surface area is 168 Å². The highest BCUT2D eigenvalue weighted by Crippen LogP contribution is 2.40. The minimum atomic E-state index is -0.815. The number of hydrogen-bond donors (Lipinski definition) is 1. The summed E-state index contributed by atoms with van der Waals surface area (Å²) in [5, 5.41) is 11.1. The molecule has 1 aromatic carbocycles. The molecule has 1 aliphatic rings. The van der Waals surface area contributed by atoms with Crippen molar-refractivity contribution in [1.82, 2.24) is 9.88 Å². The number of amides is 1. The Hall–Kier alpha value is -3.67. The van der Waals surface area contributed by atoms with E-state index in [9.17, 15) is 14.7 Å². The lowest BCUT2D eigenvalue weighted by Crippen LogP contribution is -2.29. The molecule has 6 nitrogen and oxygen atoms in total. The van der Waals surface area contributed by atoms with Crippen LogP contribution < -0.4 is 0 Å². The Kier molecular flexibility index (Phi) is 4.76. The number of rotatable bonds is 4. The number of ketones is 1. The minimum absolute atomic E-state index is 0.0301. The normalized spacial score (nSPS) is 18.4. The van der Waals surface area contributed by atoms with Crippen molar-refractivity contribution in [3.63, 3.8) is 0 Å². The van der Waals surface area contributed by atoms with E-state index in [0.717, 1.165) is 16.7 Å². The second kappa shape index (κ2) is 7.39. The van der Waals surface area contributed by atoms with E-state index in [1.807, 2.05) is 32.0 Å². The maximum absolute atomic E-state index is 13.0. The van der Waals surface area contributed by atoms with Crippen LogP contribution in [0.2, 0.25) is 0 Å². The number of nitrogens with zero attached hydrogens (tertiary/aromatic N) is 2. The first kappa shape index (κ1) is 18.7. The van der Waals surface area contributed by atoms with E-state index in [-0.39, 0.29) is 17.9 Å². The van der Waals surface area contributed by atoms with E-state index in [1.54, 1.807) is 36.7 Å². The molecule has 3 heterocycles. The molecule has 0 aliphatic carbocycles. The van der Waals surface area contributed by atoms with E-state index in [4.69, 9.17) is 4.42 Å². The first-order chi connectivity index (χ1) is 14.0. The fourth-order valence-electron chi connectivity index (χ4n) is 3.61. The van der Waals surface area contributed by atoms with Crippen LogP contribution in [0.4, 0.5) is 0 Å². The van der Waals surface area contributed by atoms with Gasteiger partial charge in [0.1, 0.15) is 17.6 Å². The van der Waals surface area contributed by atoms with Crippen molar-refractivity contribution in [3.05, 3.63) is 94.7 Å². The summed E-state index contributed by atoms with van der Waals surface area (Å²) in [5.74, 6) is -1.18. The Morgan fingerprint density at radius 1 is 1.17 bits per heavy atom. The number of carbonyl (C=O) groups is 2. The summed E-state index contributed by atoms with van der Waals surface area (Å²) in [6.07, 6.45) is 4.77. The number of aliphatic hydroxyl groups excluding tert-OH is 1. The Morgan fingerprint density at radius 3 is 2.69 bits per heavy atom. The number of aryl methyl sites for hydroxylation is 2. The van der Waals surface area contributed by atoms with Crippen molar-refractivity contribution in [2.24, 2.45) is 0 Å². The van der Waals surface area contributed by atoms with Gasteiger partial charge in [0.25, 0.3) is 11.7 Å². The molecule has 0 bridgehead atoms. The highest BCUT2D eigenvalue weighted by Gasteiger charge is 2.47. The lowest BCUT2D eigenvalue weighted by molar-refractivity contribution is -0.140. The number of hydrogen-bond acceptors (Lipinski definition) is 5. The number of pyridine rings is 1. The van der Waals surface area contributed by atoms with Gasteiger partial charge < -0.3 is 14.4 Å². The summed E-state index contributed by atoms with van der Waals surface area (Å²) < 4.78 is 5.55. The molecule has 0 saturated carbocycles. The molecule has 1 N–H and O–H groups in total. The molecular formula is C23H20N2O4. The molecule has 0 radical (unpaired) electrons. The smallest absolute Gasteiger partial charge is 0.296 e. The van der Waals surface area contributed by atoms with Crippen molar-refractivity contribution in [2.45, 2.75) is 26.4 Å². The van der Waals surface area contributed by atoms with Crippen LogP contribution in [0.3, 0.4) is 0 Å². The average molecular weight is 388 g/mol. The van der Waals surface area contributed by atoms with Crippen LogP contribution in [-0.2, 0) is 16.1 Å². The molecule has 3 aromatic rings. The van der Waals surface area contributed by atoms with Crippen LogP contribution in [0.5, 0.6) is 0 Å². The fraction of sp³-hybridized carbons (Fsp3) is 0.174. The zero-order valence-electron chi connectivity index (χ0n) is 16.1. The zero-order valence-corrected chi connectivity index (χ0v) is 16.1. The molecule has 1 aliphatic heterocycles. The molecule has 4 rings (SSSR count). The first-order valence-electron chi connectivity index (χ1n) is 9.25. The molecule has 6 heteroatoms. The predicted molar refractivity (Wildman–Crippen MR) is 107 cm³/mol. The van der Waals surface area contributed by atoms with Gasteiger partial charge in [-0.2, -0.15) is 0 Å². The van der Waals surface area contributed by atoms with Crippen LogP contribution in [0.25, 0.3) is 5.76 Å². The number of likely N-dealkylation sites (tertiary alicyclic amines) is 1. The van der Waals surface area contributed by atoms with E-state index >= 15 is 0 Å². The summed E-state index contributed by atoms with van der Waals surface area (Å²) in [7, 11) is 0. The molecule has 1 fully saturated rings. The van der Waals surface area contributed by atoms with Gasteiger partial charge in [-0.1, -0.05) is 23.8 Å². The number of Topliss-reactive ketones (excluding diaryl/α,β-unsaturated/α-hetero) is 1. The van der Waals surface area contributed by atoms with E-state index in [2.05, 4.69) is 4.98 Å². The van der Waals surface area contributed by atoms with Gasteiger partial charge in [0, 0.05) is 24.5 Å². The maximum atomic E-state index is 13.0. The molecule has 29 heavy (non-hydrogen) atoms. The van der Waals surface area contributed by atoms with Gasteiger partial charge >= 0.3 is 0 Å². The predicted octanol–water partition coefficient (Wildman–Crippen LogP) is 3.91. The average Bonchev–Trinajstić information content (AvgIpc) is 3.33. The Bertz CT molecular complexity index is 1100. The molecule has 1 atom stereocenters. The Balaban J connectivity index is 1.87. The van der Waals surface area contributed by atoms with Crippen molar-refractivity contribution in [2.75, 3.05) is 0 Å². The quantitative estimate of drug-likeness (QED) is 0.416. The third kappa shape index (κ3) is 3.33. The molecule has 0 spiro atoms. The van der Waals surface area contributed by atoms with Crippen molar-refractivity contribution < 1.29 is 19.1 Å². The largest absolute Gasteiger partial charge is 0.507 e. The van der Waals surface area contributed by atoms with Gasteiger partial charge in [0.2, 0.25) is 0 Å². The van der Waals surface area contributed by atoms with E-state index in [1.165, 1.54) is 11.2 Å². The summed E-state index contributed by atoms with van der Waals surface area (Å²) in [6, 6.07) is 11.8. The van der Waals surface area contributed by atoms with Gasteiger partial charge in [-0.05, 0) is 49.2 Å². The number of benzene rings is 1. The molecule has 1 saturated heterocycles. The number of furan rings is 1. The molecular weight excluding hydrogens is 368 g/mol. The lowest BCUT2D eigenvalue weighted by atomic mass is 9.96. The second-order valence-corrected chi connectivity index (χ2v) is 7.12.